The number of aromatic nitrogens is 1. The van der Waals surface area contributed by atoms with Gasteiger partial charge < -0.3 is 15.2 Å². The maximum Gasteiger partial charge on any atom is 0.238 e. The number of carbonyl (C=O) groups excluding carboxylic acids is 2. The SMILES string of the molecule is Cc1cc(NC(=O)C[C@@H]2Sc3ccccc3NC2=O)no1. The Morgan fingerprint density at radius 3 is 3.05 bits per heavy atom. The van der Waals surface area contributed by atoms with Crippen molar-refractivity contribution >= 4 is 35.1 Å². The maximum atomic E-state index is 12.0. The first-order valence-corrected chi connectivity index (χ1v) is 7.29. The third-order valence-electron chi connectivity index (χ3n) is 2.97. The van der Waals surface area contributed by atoms with Gasteiger partial charge in [0.1, 0.15) is 5.76 Å². The van der Waals surface area contributed by atoms with Crippen molar-refractivity contribution in [1.29, 1.82) is 0 Å². The highest BCUT2D eigenvalue weighted by Gasteiger charge is 2.28. The number of anilines is 2. The van der Waals surface area contributed by atoms with Gasteiger partial charge in [-0.25, -0.2) is 0 Å². The number of amides is 2. The zero-order chi connectivity index (χ0) is 14.8. The van der Waals surface area contributed by atoms with Crippen LogP contribution in [0.3, 0.4) is 0 Å². The van der Waals surface area contributed by atoms with Crippen LogP contribution in [-0.4, -0.2) is 22.2 Å². The van der Waals surface area contributed by atoms with Gasteiger partial charge in [0.2, 0.25) is 11.8 Å². The number of thioether (sulfide) groups is 1. The van der Waals surface area contributed by atoms with E-state index < -0.39 is 5.25 Å². The Kier molecular flexibility index (Phi) is 3.66. The van der Waals surface area contributed by atoms with Gasteiger partial charge in [-0.3, -0.25) is 9.59 Å². The molecule has 108 valence electrons. The minimum Gasteiger partial charge on any atom is -0.360 e. The number of fused-ring (bicyclic) bond motifs is 1. The van der Waals surface area contributed by atoms with Crippen molar-refractivity contribution < 1.29 is 14.1 Å². The van der Waals surface area contributed by atoms with Gasteiger partial charge in [0.25, 0.3) is 0 Å². The first-order valence-electron chi connectivity index (χ1n) is 6.41. The zero-order valence-electron chi connectivity index (χ0n) is 11.3. The third-order valence-corrected chi connectivity index (χ3v) is 4.25. The maximum absolute atomic E-state index is 12.0. The van der Waals surface area contributed by atoms with Crippen molar-refractivity contribution in [2.45, 2.75) is 23.5 Å². The van der Waals surface area contributed by atoms with E-state index in [0.717, 1.165) is 10.6 Å². The Hall–Kier alpha value is -2.28. The molecule has 0 aliphatic carbocycles. The zero-order valence-corrected chi connectivity index (χ0v) is 12.1. The van der Waals surface area contributed by atoms with Crippen LogP contribution in [0, 0.1) is 6.92 Å². The number of nitrogens with one attached hydrogen (secondary N) is 2. The molecule has 2 heterocycles. The van der Waals surface area contributed by atoms with Crippen LogP contribution in [0.2, 0.25) is 0 Å². The Morgan fingerprint density at radius 2 is 2.29 bits per heavy atom. The lowest BCUT2D eigenvalue weighted by Crippen LogP contribution is -2.32. The van der Waals surface area contributed by atoms with Crippen molar-refractivity contribution in [1.82, 2.24) is 5.16 Å². The second-order valence-electron chi connectivity index (χ2n) is 4.67. The van der Waals surface area contributed by atoms with Gasteiger partial charge in [0.15, 0.2) is 5.82 Å². The average molecular weight is 303 g/mol. The van der Waals surface area contributed by atoms with Gasteiger partial charge in [-0.15, -0.1) is 11.8 Å². The van der Waals surface area contributed by atoms with E-state index >= 15 is 0 Å². The quantitative estimate of drug-likeness (QED) is 0.909. The molecule has 1 aromatic heterocycles. The fourth-order valence-electron chi connectivity index (χ4n) is 2.01. The van der Waals surface area contributed by atoms with E-state index in [0.29, 0.717) is 11.6 Å². The van der Waals surface area contributed by atoms with E-state index in [4.69, 9.17) is 4.52 Å². The number of carbonyl (C=O) groups is 2. The molecule has 6 nitrogen and oxygen atoms in total. The van der Waals surface area contributed by atoms with E-state index in [1.807, 2.05) is 24.3 Å². The first kappa shape index (κ1) is 13.7. The minimum atomic E-state index is -0.451. The summed E-state index contributed by atoms with van der Waals surface area (Å²) in [7, 11) is 0. The fraction of sp³-hybridized carbons (Fsp3) is 0.214. The molecule has 0 unspecified atom stereocenters. The van der Waals surface area contributed by atoms with Crippen molar-refractivity contribution in [3.63, 3.8) is 0 Å². The molecule has 21 heavy (non-hydrogen) atoms. The van der Waals surface area contributed by atoms with Crippen LogP contribution in [0.1, 0.15) is 12.2 Å². The highest BCUT2D eigenvalue weighted by Crippen LogP contribution is 2.36. The number of nitrogens with zero attached hydrogens (tertiary/aromatic N) is 1. The predicted octanol–water partition coefficient (Wildman–Crippen LogP) is 2.42. The van der Waals surface area contributed by atoms with E-state index in [2.05, 4.69) is 15.8 Å². The highest BCUT2D eigenvalue weighted by molar-refractivity contribution is 8.01. The lowest BCUT2D eigenvalue weighted by Gasteiger charge is -2.23. The molecule has 0 fully saturated rings. The predicted molar refractivity (Wildman–Crippen MR) is 79.2 cm³/mol. The Bertz CT molecular complexity index is 698. The summed E-state index contributed by atoms with van der Waals surface area (Å²) in [6.45, 7) is 1.74. The molecule has 1 aliphatic rings. The van der Waals surface area contributed by atoms with Gasteiger partial charge in [-0.1, -0.05) is 17.3 Å². The van der Waals surface area contributed by atoms with Gasteiger partial charge >= 0.3 is 0 Å². The molecule has 1 aromatic carbocycles. The summed E-state index contributed by atoms with van der Waals surface area (Å²) in [5, 5.41) is 8.67. The molecule has 2 N–H and O–H groups in total. The summed E-state index contributed by atoms with van der Waals surface area (Å²) in [4.78, 5) is 24.9. The van der Waals surface area contributed by atoms with Gasteiger partial charge in [0.05, 0.1) is 10.9 Å². The van der Waals surface area contributed by atoms with Gasteiger partial charge in [-0.05, 0) is 19.1 Å². The van der Waals surface area contributed by atoms with Gasteiger partial charge in [-0.2, -0.15) is 0 Å². The molecule has 0 saturated carbocycles. The molecule has 0 spiro atoms. The second kappa shape index (κ2) is 5.61. The molecule has 0 saturated heterocycles. The van der Waals surface area contributed by atoms with Crippen molar-refractivity contribution in [2.75, 3.05) is 10.6 Å². The summed E-state index contributed by atoms with van der Waals surface area (Å²) in [5.41, 5.74) is 0.788. The minimum absolute atomic E-state index is 0.0801. The lowest BCUT2D eigenvalue weighted by atomic mass is 10.2. The second-order valence-corrected chi connectivity index (χ2v) is 5.91. The van der Waals surface area contributed by atoms with E-state index in [-0.39, 0.29) is 18.2 Å². The monoisotopic (exact) mass is 303 g/mol. The van der Waals surface area contributed by atoms with Crippen LogP contribution < -0.4 is 10.6 Å². The van der Waals surface area contributed by atoms with E-state index in [9.17, 15) is 9.59 Å². The summed E-state index contributed by atoms with van der Waals surface area (Å²) in [6, 6.07) is 9.15. The molecule has 0 radical (unpaired) electrons. The van der Waals surface area contributed by atoms with E-state index in [1.54, 1.807) is 13.0 Å². The molecule has 3 rings (SSSR count). The topological polar surface area (TPSA) is 84.2 Å². The average Bonchev–Trinajstić information content (AvgIpc) is 2.85. The largest absolute Gasteiger partial charge is 0.360 e. The number of rotatable bonds is 3. The number of hydrogen-bond acceptors (Lipinski definition) is 5. The third kappa shape index (κ3) is 3.08. The number of benzene rings is 1. The summed E-state index contributed by atoms with van der Waals surface area (Å²) in [6.07, 6.45) is 0.0801. The van der Waals surface area contributed by atoms with Crippen LogP contribution in [0.15, 0.2) is 39.8 Å². The highest BCUT2D eigenvalue weighted by atomic mass is 32.2. The lowest BCUT2D eigenvalue weighted by molar-refractivity contribution is -0.120. The Morgan fingerprint density at radius 1 is 1.48 bits per heavy atom. The number of para-hydroxylation sites is 1. The normalized spacial score (nSPS) is 17.0. The van der Waals surface area contributed by atoms with Crippen LogP contribution in [0.4, 0.5) is 11.5 Å². The van der Waals surface area contributed by atoms with Crippen molar-refractivity contribution in [2.24, 2.45) is 0 Å². The Labute approximate surface area is 125 Å². The van der Waals surface area contributed by atoms with E-state index in [1.165, 1.54) is 11.8 Å². The van der Waals surface area contributed by atoms with Gasteiger partial charge in [0, 0.05) is 17.4 Å². The summed E-state index contributed by atoms with van der Waals surface area (Å²) < 4.78 is 4.87. The molecule has 7 heteroatoms. The Balaban J connectivity index is 1.65. The van der Waals surface area contributed by atoms with Crippen LogP contribution in [0.5, 0.6) is 0 Å². The molecule has 1 aliphatic heterocycles. The molecule has 2 amide bonds. The number of aryl methyl sites for hydroxylation is 1. The van der Waals surface area contributed by atoms with Crippen LogP contribution >= 0.6 is 11.8 Å². The molecule has 2 aromatic rings. The fourth-order valence-corrected chi connectivity index (χ4v) is 3.12. The summed E-state index contributed by atoms with van der Waals surface area (Å²) >= 11 is 1.39. The first-order chi connectivity index (χ1) is 10.1. The van der Waals surface area contributed by atoms with Crippen molar-refractivity contribution in [3.8, 4) is 0 Å². The summed E-state index contributed by atoms with van der Waals surface area (Å²) in [5.74, 6) is 0.545. The molecular formula is C14H13N3O3S. The molecule has 0 bridgehead atoms. The van der Waals surface area contributed by atoms with Crippen molar-refractivity contribution in [3.05, 3.63) is 36.1 Å². The standard InChI is InChI=1S/C14H13N3O3S/c1-8-6-12(17-20-8)16-13(18)7-11-14(19)15-9-4-2-3-5-10(9)21-11/h2-6,11H,7H2,1H3,(H,15,19)(H,16,17,18)/t11-/m0/s1. The smallest absolute Gasteiger partial charge is 0.238 e. The molecular weight excluding hydrogens is 290 g/mol. The molecule has 1 atom stereocenters. The number of hydrogen-bond donors (Lipinski definition) is 2. The van der Waals surface area contributed by atoms with Crippen LogP contribution in [-0.2, 0) is 9.59 Å². The van der Waals surface area contributed by atoms with Crippen LogP contribution in [0.25, 0.3) is 0 Å².